The molecule has 0 spiro atoms. The third-order valence-electron chi connectivity index (χ3n) is 2.79. The molecule has 0 N–H and O–H groups in total. The summed E-state index contributed by atoms with van der Waals surface area (Å²) in [6, 6.07) is 7.74. The Morgan fingerprint density at radius 3 is 2.10 bits per heavy atom. The molecule has 1 rings (SSSR count). The van der Waals surface area contributed by atoms with Crippen molar-refractivity contribution >= 4 is 9.76 Å². The van der Waals surface area contributed by atoms with Gasteiger partial charge in [0.1, 0.15) is 5.82 Å². The predicted molar refractivity (Wildman–Crippen MR) is 85.4 cm³/mol. The van der Waals surface area contributed by atoms with Gasteiger partial charge in [0.2, 0.25) is 0 Å². The number of benzene rings is 1. The van der Waals surface area contributed by atoms with Gasteiger partial charge >= 0.3 is 0 Å². The Kier molecular flexibility index (Phi) is 8.76. The number of halogens is 1. The van der Waals surface area contributed by atoms with Crippen LogP contribution in [0.4, 0.5) is 4.39 Å². The molecular weight excluding hydrogens is 287 g/mol. The van der Waals surface area contributed by atoms with E-state index in [0.717, 1.165) is 18.9 Å². The Balaban J connectivity index is 2.19. The lowest BCUT2D eigenvalue weighted by molar-refractivity contribution is -0.275. The molecule has 21 heavy (non-hydrogen) atoms. The maximum Gasteiger partial charge on any atom is 0.262 e. The van der Waals surface area contributed by atoms with Crippen molar-refractivity contribution in [2.45, 2.75) is 65.3 Å². The van der Waals surface area contributed by atoms with Crippen LogP contribution in [0.1, 0.15) is 39.7 Å². The maximum absolute atomic E-state index is 12.8. The van der Waals surface area contributed by atoms with Crippen molar-refractivity contribution in [3.63, 3.8) is 0 Å². The topological polar surface area (TPSA) is 27.7 Å². The van der Waals surface area contributed by atoms with Crippen LogP contribution in [0.5, 0.6) is 0 Å². The Hall–Kier alpha value is -0.753. The van der Waals surface area contributed by atoms with Crippen LogP contribution in [-0.4, -0.2) is 28.4 Å². The summed E-state index contributed by atoms with van der Waals surface area (Å²) in [6.45, 7) is 7.33. The normalized spacial score (nSPS) is 12.4. The molecule has 0 fully saturated rings. The lowest BCUT2D eigenvalue weighted by Crippen LogP contribution is -2.28. The van der Waals surface area contributed by atoms with Crippen molar-refractivity contribution in [3.8, 4) is 0 Å². The fourth-order valence-corrected chi connectivity index (χ4v) is 2.79. The lowest BCUT2D eigenvalue weighted by Gasteiger charge is -2.23. The van der Waals surface area contributed by atoms with E-state index < -0.39 is 16.2 Å². The number of rotatable bonds is 10. The average Bonchev–Trinajstić information content (AvgIpc) is 2.39. The Bertz CT molecular complexity index is 372. The first-order chi connectivity index (χ1) is 9.97. The zero-order chi connectivity index (χ0) is 15.7. The van der Waals surface area contributed by atoms with Crippen molar-refractivity contribution in [2.75, 3.05) is 0 Å². The molecular formula is C16H27FO3Si. The second-order valence-corrected chi connectivity index (χ2v) is 7.06. The van der Waals surface area contributed by atoms with E-state index in [1.54, 1.807) is 0 Å². The highest BCUT2D eigenvalue weighted by Crippen LogP contribution is 2.09. The molecule has 0 amide bonds. The fraction of sp³-hybridized carbons (Fsp3) is 0.625. The molecule has 0 aliphatic carbocycles. The summed E-state index contributed by atoms with van der Waals surface area (Å²) in [5.74, 6) is -0.184. The van der Waals surface area contributed by atoms with E-state index in [1.165, 1.54) is 17.7 Å². The van der Waals surface area contributed by atoms with E-state index >= 15 is 0 Å². The molecule has 0 unspecified atom stereocenters. The third-order valence-corrected chi connectivity index (χ3v) is 4.09. The minimum atomic E-state index is -0.670. The van der Waals surface area contributed by atoms with Crippen LogP contribution in [-0.2, 0) is 20.3 Å². The SMILES string of the molecule is CC(C)OC(O[SiH2]CCCc1ccc(F)cc1)OC(C)C. The molecule has 120 valence electrons. The quantitative estimate of drug-likeness (QED) is 0.376. The van der Waals surface area contributed by atoms with Crippen molar-refractivity contribution < 1.29 is 18.3 Å². The molecule has 5 heteroatoms. The van der Waals surface area contributed by atoms with Crippen LogP contribution in [0.3, 0.4) is 0 Å². The number of hydrogen-bond donors (Lipinski definition) is 0. The number of hydrogen-bond acceptors (Lipinski definition) is 3. The molecule has 0 aromatic heterocycles. The van der Waals surface area contributed by atoms with Gasteiger partial charge in [0, 0.05) is 0 Å². The Morgan fingerprint density at radius 1 is 1.00 bits per heavy atom. The summed E-state index contributed by atoms with van der Waals surface area (Å²) in [7, 11) is -0.670. The van der Waals surface area contributed by atoms with Crippen LogP contribution in [0, 0.1) is 5.82 Å². The van der Waals surface area contributed by atoms with Gasteiger partial charge in [0.05, 0.1) is 12.2 Å². The highest BCUT2D eigenvalue weighted by atomic mass is 28.2. The molecule has 0 heterocycles. The van der Waals surface area contributed by atoms with Crippen LogP contribution < -0.4 is 0 Å². The highest BCUT2D eigenvalue weighted by Gasteiger charge is 2.13. The fourth-order valence-electron chi connectivity index (χ4n) is 1.82. The summed E-state index contributed by atoms with van der Waals surface area (Å²) in [5.41, 5.74) is 1.17. The minimum absolute atomic E-state index is 0.0852. The molecule has 3 nitrogen and oxygen atoms in total. The van der Waals surface area contributed by atoms with E-state index in [2.05, 4.69) is 0 Å². The van der Waals surface area contributed by atoms with Crippen LogP contribution in [0.2, 0.25) is 6.04 Å². The van der Waals surface area contributed by atoms with Crippen molar-refractivity contribution in [1.29, 1.82) is 0 Å². The van der Waals surface area contributed by atoms with E-state index in [4.69, 9.17) is 13.9 Å². The van der Waals surface area contributed by atoms with E-state index in [1.807, 2.05) is 39.8 Å². The third kappa shape index (κ3) is 8.98. The van der Waals surface area contributed by atoms with Crippen LogP contribution in [0.25, 0.3) is 0 Å². The molecule has 0 aliphatic heterocycles. The second kappa shape index (κ2) is 10.1. The second-order valence-electron chi connectivity index (χ2n) is 5.61. The minimum Gasteiger partial charge on any atom is -0.379 e. The first-order valence-corrected chi connectivity index (χ1v) is 9.22. The monoisotopic (exact) mass is 314 g/mol. The molecule has 1 aromatic carbocycles. The van der Waals surface area contributed by atoms with Gasteiger partial charge in [-0.2, -0.15) is 0 Å². The van der Waals surface area contributed by atoms with Crippen molar-refractivity contribution in [1.82, 2.24) is 0 Å². The number of ether oxygens (including phenoxy) is 2. The van der Waals surface area contributed by atoms with Gasteiger partial charge in [0.25, 0.3) is 6.48 Å². The maximum atomic E-state index is 12.8. The van der Waals surface area contributed by atoms with Crippen molar-refractivity contribution in [2.24, 2.45) is 0 Å². The van der Waals surface area contributed by atoms with E-state index in [9.17, 15) is 4.39 Å². The summed E-state index contributed by atoms with van der Waals surface area (Å²) < 4.78 is 29.7. The molecule has 0 aliphatic rings. The van der Waals surface area contributed by atoms with E-state index in [0.29, 0.717) is 0 Å². The molecule has 0 saturated heterocycles. The van der Waals surface area contributed by atoms with E-state index in [-0.39, 0.29) is 18.0 Å². The van der Waals surface area contributed by atoms with Gasteiger partial charge in [0.15, 0.2) is 9.76 Å². The zero-order valence-electron chi connectivity index (χ0n) is 13.5. The van der Waals surface area contributed by atoms with Crippen LogP contribution in [0.15, 0.2) is 24.3 Å². The van der Waals surface area contributed by atoms with Gasteiger partial charge in [-0.3, -0.25) is 0 Å². The molecule has 0 radical (unpaired) electrons. The van der Waals surface area contributed by atoms with Crippen molar-refractivity contribution in [3.05, 3.63) is 35.6 Å². The van der Waals surface area contributed by atoms with Crippen LogP contribution >= 0.6 is 0 Å². The number of aryl methyl sites for hydroxylation is 1. The first-order valence-electron chi connectivity index (χ1n) is 7.64. The first kappa shape index (κ1) is 18.3. The summed E-state index contributed by atoms with van der Waals surface area (Å²) in [6.07, 6.45) is 2.18. The Morgan fingerprint density at radius 2 is 1.57 bits per heavy atom. The molecule has 0 bridgehead atoms. The smallest absolute Gasteiger partial charge is 0.262 e. The largest absolute Gasteiger partial charge is 0.379 e. The summed E-state index contributed by atoms with van der Waals surface area (Å²) in [5, 5.41) is 0. The summed E-state index contributed by atoms with van der Waals surface area (Å²) in [4.78, 5) is 0. The van der Waals surface area contributed by atoms with Gasteiger partial charge < -0.3 is 13.9 Å². The summed E-state index contributed by atoms with van der Waals surface area (Å²) >= 11 is 0. The van der Waals surface area contributed by atoms with Gasteiger partial charge in [-0.15, -0.1) is 0 Å². The zero-order valence-corrected chi connectivity index (χ0v) is 14.9. The van der Waals surface area contributed by atoms with Gasteiger partial charge in [-0.05, 0) is 57.9 Å². The highest BCUT2D eigenvalue weighted by molar-refractivity contribution is 6.27. The van der Waals surface area contributed by atoms with Gasteiger partial charge in [-0.1, -0.05) is 18.6 Å². The molecule has 0 saturated carbocycles. The average molecular weight is 314 g/mol. The van der Waals surface area contributed by atoms with Gasteiger partial charge in [-0.25, -0.2) is 4.39 Å². The standard InChI is InChI=1S/C16H27FO3Si/c1-12(2)18-16(19-13(3)4)20-21-11-5-6-14-7-9-15(17)10-8-14/h7-10,12-13,16H,5-6,11,21H2,1-4H3. The molecule has 0 atom stereocenters. The lowest BCUT2D eigenvalue weighted by atomic mass is 10.1. The predicted octanol–water partition coefficient (Wildman–Crippen LogP) is 3.41. The molecule has 1 aromatic rings. The Labute approximate surface area is 129 Å².